The Labute approximate surface area is 459 Å². The molecule has 1 aromatic rings. The van der Waals surface area contributed by atoms with Gasteiger partial charge in [-0.25, -0.2) is 9.78 Å². The van der Waals surface area contributed by atoms with E-state index in [2.05, 4.69) is 57.5 Å². The lowest BCUT2D eigenvalue weighted by atomic mass is 10.0. The van der Waals surface area contributed by atoms with Crippen molar-refractivity contribution in [3.63, 3.8) is 0 Å². The second-order valence-corrected chi connectivity index (χ2v) is 20.8. The number of primary amides is 1. The van der Waals surface area contributed by atoms with Gasteiger partial charge in [0, 0.05) is 31.4 Å². The maximum atomic E-state index is 14.3. The van der Waals surface area contributed by atoms with Gasteiger partial charge < -0.3 is 90.7 Å². The van der Waals surface area contributed by atoms with E-state index in [1.54, 1.807) is 26.4 Å². The van der Waals surface area contributed by atoms with Crippen molar-refractivity contribution >= 4 is 94.5 Å². The molecule has 78 heavy (non-hydrogen) atoms. The highest BCUT2D eigenvalue weighted by Gasteiger charge is 2.42. The zero-order valence-corrected chi connectivity index (χ0v) is 46.0. The summed E-state index contributed by atoms with van der Waals surface area (Å²) < 4.78 is 0. The Morgan fingerprint density at radius 3 is 1.90 bits per heavy atom. The van der Waals surface area contributed by atoms with Crippen molar-refractivity contribution < 1.29 is 68.1 Å². The number of aliphatic hydroxyl groups is 2. The minimum Gasteiger partial charge on any atom is -0.480 e. The number of aromatic nitrogens is 2. The van der Waals surface area contributed by atoms with Crippen molar-refractivity contribution in [3.05, 3.63) is 18.2 Å². The number of rotatable bonds is 36. The fourth-order valence-corrected chi connectivity index (χ4v) is 8.76. The van der Waals surface area contributed by atoms with Crippen LogP contribution in [0.25, 0.3) is 0 Å². The molecule has 1 fully saturated rings. The number of amides is 10. The second kappa shape index (κ2) is 34.9. The first-order valence-corrected chi connectivity index (χ1v) is 27.9. The molecule has 438 valence electrons. The Hall–Kier alpha value is -6.77. The highest BCUT2D eigenvalue weighted by molar-refractivity contribution is 7.98. The number of likely N-dealkylation sites (tertiary alicyclic amines) is 1. The minimum atomic E-state index is -1.70. The van der Waals surface area contributed by atoms with E-state index in [4.69, 9.17) is 22.9 Å². The van der Waals surface area contributed by atoms with Gasteiger partial charge in [0.15, 0.2) is 5.96 Å². The summed E-state index contributed by atoms with van der Waals surface area (Å²) in [5.74, 6) is -9.78. The van der Waals surface area contributed by atoms with Crippen molar-refractivity contribution in [1.82, 2.24) is 57.4 Å². The number of aliphatic imine (C=N–C) groups is 1. The number of carbonyl (C=O) groups excluding carboxylic acids is 10. The van der Waals surface area contributed by atoms with E-state index in [-0.39, 0.29) is 69.9 Å². The average molecular weight is 1140 g/mol. The summed E-state index contributed by atoms with van der Waals surface area (Å²) in [7, 11) is 0. The molecule has 0 aromatic carbocycles. The van der Waals surface area contributed by atoms with Crippen molar-refractivity contribution in [1.29, 1.82) is 0 Å². The number of nitrogens with one attached hydrogen (secondary N) is 9. The van der Waals surface area contributed by atoms with Gasteiger partial charge in [0.25, 0.3) is 0 Å². The predicted octanol–water partition coefficient (Wildman–Crippen LogP) is -6.28. The van der Waals surface area contributed by atoms with E-state index in [1.807, 2.05) is 0 Å². The fraction of sp³-hybridized carbons (Fsp3) is 0.674. The number of hydrogen-bond donors (Lipinski definition) is 16. The summed E-state index contributed by atoms with van der Waals surface area (Å²) in [6.45, 7) is 3.26. The molecule has 1 aromatic heterocycles. The van der Waals surface area contributed by atoms with E-state index in [9.17, 15) is 68.1 Å². The van der Waals surface area contributed by atoms with Crippen LogP contribution in [0.4, 0.5) is 0 Å². The lowest BCUT2D eigenvalue weighted by molar-refractivity contribution is -0.144. The SMILES string of the molecule is CSCC[C@H](NC(=O)[C@H](CCSC)NC(=O)[C@H](CC(C)C)NC(=O)[C@@H]1CCCN1C(=O)[C@@H](NC(=O)[C@H](Cc1cnc[nH]1)NC(=O)CNC(=O)[C@H](CC(N)=O)NC(=O)[C@H](CCCN=C(N)N)NC(=O)[C@@H](N)CO)[C@@H](C)O)C(=O)O. The third kappa shape index (κ3) is 23.9. The van der Waals surface area contributed by atoms with Crippen LogP contribution >= 0.6 is 23.5 Å². The normalized spacial score (nSPS) is 16.5. The van der Waals surface area contributed by atoms with Gasteiger partial charge in [0.1, 0.15) is 54.4 Å². The highest BCUT2D eigenvalue weighted by atomic mass is 32.2. The number of aliphatic carboxylic acids is 1. The molecule has 32 heteroatoms. The number of aromatic amines is 1. The number of guanidine groups is 1. The van der Waals surface area contributed by atoms with Crippen molar-refractivity contribution in [2.45, 2.75) is 139 Å². The molecular weight excluding hydrogens is 1060 g/mol. The lowest BCUT2D eigenvalue weighted by Crippen LogP contribution is -2.61. The van der Waals surface area contributed by atoms with Crippen molar-refractivity contribution in [2.24, 2.45) is 33.8 Å². The van der Waals surface area contributed by atoms with Gasteiger partial charge in [0.2, 0.25) is 59.1 Å². The van der Waals surface area contributed by atoms with E-state index < -0.39 is 145 Å². The third-order valence-electron chi connectivity index (χ3n) is 11.9. The molecule has 30 nitrogen and oxygen atoms in total. The second-order valence-electron chi connectivity index (χ2n) is 18.8. The molecule has 20 N–H and O–H groups in total. The van der Waals surface area contributed by atoms with Crippen LogP contribution in [0.15, 0.2) is 17.5 Å². The van der Waals surface area contributed by atoms with Crippen molar-refractivity contribution in [2.75, 3.05) is 50.3 Å². The molecule has 0 aliphatic carbocycles. The summed E-state index contributed by atoms with van der Waals surface area (Å²) in [6, 6.07) is -12.4. The van der Waals surface area contributed by atoms with Crippen LogP contribution in [-0.4, -0.2) is 212 Å². The minimum absolute atomic E-state index is 0.00702. The van der Waals surface area contributed by atoms with Crippen LogP contribution in [-0.2, 0) is 59.2 Å². The fourth-order valence-electron chi connectivity index (χ4n) is 7.82. The number of H-pyrrole nitrogens is 1. The number of nitrogens with two attached hydrogens (primary N) is 4. The van der Waals surface area contributed by atoms with E-state index in [1.165, 1.54) is 43.0 Å². The molecular formula is C46H78N16O14S2. The quantitative estimate of drug-likeness (QED) is 0.0169. The maximum Gasteiger partial charge on any atom is 0.326 e. The van der Waals surface area contributed by atoms with Crippen LogP contribution in [0.1, 0.15) is 77.8 Å². The molecule has 10 atom stereocenters. The van der Waals surface area contributed by atoms with E-state index in [0.29, 0.717) is 23.6 Å². The van der Waals surface area contributed by atoms with Gasteiger partial charge in [0.05, 0.1) is 32.0 Å². The van der Waals surface area contributed by atoms with Crippen LogP contribution < -0.4 is 65.5 Å². The lowest BCUT2D eigenvalue weighted by Gasteiger charge is -2.32. The van der Waals surface area contributed by atoms with E-state index in [0.717, 1.165) is 4.90 Å². The summed E-state index contributed by atoms with van der Waals surface area (Å²) in [5.41, 5.74) is 22.0. The standard InChI is InChI=1S/C46H78N16O14S2/c1-23(2)16-30(41(71)57-28(10-14-77-4)40(70)58-29(45(75)76)11-15-78-5)60-43(73)33-9-7-13-62(33)44(74)36(24(3)64)61-42(72)31(17-25-19-51-22-54-25)55-35(66)20-53-38(68)32(18-34(48)65)59-39(69)27(8-6-12-52-46(49)50)56-37(67)26(47)21-63/h19,22-24,26-33,36,63-64H,6-18,20-21,47H2,1-5H3,(H2,48,65)(H,51,54)(H,53,68)(H,55,66)(H,56,67)(H,57,71)(H,58,70)(H,59,69)(H,60,73)(H,61,72)(H,75,76)(H4,49,50,52)/t24-,26+,27+,28+,29+,30+,31+,32+,33+,36+/m1/s1. The van der Waals surface area contributed by atoms with Gasteiger partial charge in [-0.05, 0) is 81.8 Å². The highest BCUT2D eigenvalue weighted by Crippen LogP contribution is 2.21. The van der Waals surface area contributed by atoms with Gasteiger partial charge in [-0.15, -0.1) is 0 Å². The number of aliphatic hydroxyl groups excluding tert-OH is 2. The number of carboxylic acids is 1. The Morgan fingerprint density at radius 2 is 1.35 bits per heavy atom. The monoisotopic (exact) mass is 1140 g/mol. The molecule has 0 saturated carbocycles. The molecule has 0 bridgehead atoms. The zero-order chi connectivity index (χ0) is 58.6. The van der Waals surface area contributed by atoms with Crippen LogP contribution in [0.3, 0.4) is 0 Å². The zero-order valence-electron chi connectivity index (χ0n) is 44.4. The van der Waals surface area contributed by atoms with Gasteiger partial charge in [-0.1, -0.05) is 13.8 Å². The third-order valence-corrected chi connectivity index (χ3v) is 13.2. The Bertz CT molecular complexity index is 2220. The molecule has 0 unspecified atom stereocenters. The van der Waals surface area contributed by atoms with Crippen molar-refractivity contribution in [3.8, 4) is 0 Å². The number of carbonyl (C=O) groups is 11. The van der Waals surface area contributed by atoms with Crippen LogP contribution in [0.5, 0.6) is 0 Å². The summed E-state index contributed by atoms with van der Waals surface area (Å²) in [4.78, 5) is 158. The molecule has 10 amide bonds. The Morgan fingerprint density at radius 1 is 0.769 bits per heavy atom. The van der Waals surface area contributed by atoms with Gasteiger partial charge in [-0.3, -0.25) is 52.9 Å². The largest absolute Gasteiger partial charge is 0.480 e. The molecule has 0 spiro atoms. The molecule has 1 aliphatic rings. The number of imidazole rings is 1. The summed E-state index contributed by atoms with van der Waals surface area (Å²) >= 11 is 2.81. The average Bonchev–Trinajstić information content (AvgIpc) is 4.10. The Balaban J connectivity index is 2.28. The summed E-state index contributed by atoms with van der Waals surface area (Å²) in [6.07, 6.45) is 4.50. The summed E-state index contributed by atoms with van der Waals surface area (Å²) in [5, 5.41) is 49.7. The first kappa shape index (κ1) is 67.3. The van der Waals surface area contributed by atoms with Crippen LogP contribution in [0.2, 0.25) is 0 Å². The molecule has 2 heterocycles. The molecule has 1 aliphatic heterocycles. The van der Waals surface area contributed by atoms with Crippen LogP contribution in [0, 0.1) is 5.92 Å². The number of nitrogens with zero attached hydrogens (tertiary/aromatic N) is 3. The molecule has 0 radical (unpaired) electrons. The number of hydrogen-bond acceptors (Lipinski definition) is 18. The van der Waals surface area contributed by atoms with Gasteiger partial charge in [-0.2, -0.15) is 23.5 Å². The van der Waals surface area contributed by atoms with Gasteiger partial charge >= 0.3 is 5.97 Å². The number of carboxylic acid groups (broad SMARTS) is 1. The maximum absolute atomic E-state index is 14.3. The molecule has 1 saturated heterocycles. The van der Waals surface area contributed by atoms with E-state index >= 15 is 0 Å². The first-order valence-electron chi connectivity index (χ1n) is 25.1. The molecule has 2 rings (SSSR count). The predicted molar refractivity (Wildman–Crippen MR) is 287 cm³/mol. The Kier molecular flexibility index (Phi) is 30.1. The smallest absolute Gasteiger partial charge is 0.326 e. The first-order chi connectivity index (χ1) is 36.8. The topological polar surface area (TPSA) is 493 Å². The number of thioether (sulfide) groups is 2.